The molecule has 1 aromatic heterocycles. The lowest BCUT2D eigenvalue weighted by molar-refractivity contribution is 0.0255. The highest BCUT2D eigenvalue weighted by molar-refractivity contribution is 7.15. The Balaban J connectivity index is 1.36. The maximum atomic E-state index is 13.8. The number of thiazole rings is 1. The number of urea groups is 1. The number of amides is 2. The highest BCUT2D eigenvalue weighted by Gasteiger charge is 2.47. The van der Waals surface area contributed by atoms with Crippen molar-refractivity contribution >= 4 is 22.5 Å². The second kappa shape index (κ2) is 6.55. The number of aromatic nitrogens is 1. The summed E-state index contributed by atoms with van der Waals surface area (Å²) in [5.74, 6) is -3.90. The van der Waals surface area contributed by atoms with Gasteiger partial charge >= 0.3 is 6.03 Å². The first kappa shape index (κ1) is 17.3. The van der Waals surface area contributed by atoms with Crippen molar-refractivity contribution in [3.05, 3.63) is 46.2 Å². The van der Waals surface area contributed by atoms with Crippen LogP contribution in [0.2, 0.25) is 0 Å². The van der Waals surface area contributed by atoms with Crippen molar-refractivity contribution in [3.63, 3.8) is 0 Å². The molecular formula is C17H16F3N3O2S. The van der Waals surface area contributed by atoms with E-state index in [0.29, 0.717) is 29.7 Å². The molecule has 0 aliphatic carbocycles. The molecular weight excluding hydrogens is 367 g/mol. The first-order chi connectivity index (χ1) is 12.5. The average Bonchev–Trinajstić information content (AvgIpc) is 3.23. The molecule has 2 saturated heterocycles. The molecule has 2 amide bonds. The maximum Gasteiger partial charge on any atom is 0.323 e. The highest BCUT2D eigenvalue weighted by Crippen LogP contribution is 2.38. The molecule has 1 aromatic carbocycles. The van der Waals surface area contributed by atoms with Crippen LogP contribution in [0.5, 0.6) is 0 Å². The highest BCUT2D eigenvalue weighted by atomic mass is 32.1. The largest absolute Gasteiger partial charge is 0.381 e. The molecule has 0 saturated carbocycles. The predicted molar refractivity (Wildman–Crippen MR) is 89.7 cm³/mol. The Hall–Kier alpha value is -2.13. The molecule has 2 aliphatic rings. The molecule has 2 aliphatic heterocycles. The number of hydrogen-bond donors (Lipinski definition) is 1. The monoisotopic (exact) mass is 383 g/mol. The van der Waals surface area contributed by atoms with Crippen LogP contribution in [-0.2, 0) is 11.2 Å². The predicted octanol–water partition coefficient (Wildman–Crippen LogP) is 3.41. The molecule has 0 unspecified atom stereocenters. The second-order valence-corrected chi connectivity index (χ2v) is 7.85. The lowest BCUT2D eigenvalue weighted by Gasteiger charge is -2.46. The SMILES string of the molecule is O=C(Nc1ncc(Cc2ccc(F)c(F)c2F)s1)N1CC2(CCOC2)C1. The number of benzene rings is 1. The number of carbonyl (C=O) groups excluding carboxylic acids is 1. The Bertz CT molecular complexity index is 844. The van der Waals surface area contributed by atoms with Crippen LogP contribution in [0.25, 0.3) is 0 Å². The fraction of sp³-hybridized carbons (Fsp3) is 0.412. The van der Waals surface area contributed by atoms with Gasteiger partial charge in [-0.05, 0) is 18.1 Å². The summed E-state index contributed by atoms with van der Waals surface area (Å²) >= 11 is 1.17. The van der Waals surface area contributed by atoms with Crippen LogP contribution in [0.15, 0.2) is 18.3 Å². The normalized spacial score (nSPS) is 18.2. The third-order valence-corrected chi connectivity index (χ3v) is 5.68. The molecule has 1 N–H and O–H groups in total. The van der Waals surface area contributed by atoms with Crippen LogP contribution in [0, 0.1) is 22.9 Å². The van der Waals surface area contributed by atoms with Gasteiger partial charge in [0, 0.05) is 42.6 Å². The van der Waals surface area contributed by atoms with E-state index in [1.165, 1.54) is 23.6 Å². The summed E-state index contributed by atoms with van der Waals surface area (Å²) in [6.45, 7) is 2.76. The van der Waals surface area contributed by atoms with Gasteiger partial charge in [0.1, 0.15) is 0 Å². The number of nitrogens with one attached hydrogen (secondary N) is 1. The molecule has 0 bridgehead atoms. The van der Waals surface area contributed by atoms with Gasteiger partial charge in [-0.15, -0.1) is 11.3 Å². The van der Waals surface area contributed by atoms with Gasteiger partial charge in [-0.2, -0.15) is 0 Å². The minimum Gasteiger partial charge on any atom is -0.381 e. The molecule has 9 heteroatoms. The van der Waals surface area contributed by atoms with Crippen LogP contribution in [0.4, 0.5) is 23.1 Å². The molecule has 5 nitrogen and oxygen atoms in total. The van der Waals surface area contributed by atoms with E-state index in [4.69, 9.17) is 4.74 Å². The third-order valence-electron chi connectivity index (χ3n) is 4.77. The minimum atomic E-state index is -1.48. The van der Waals surface area contributed by atoms with Crippen LogP contribution in [0.1, 0.15) is 16.9 Å². The van der Waals surface area contributed by atoms with Gasteiger partial charge in [-0.25, -0.2) is 22.9 Å². The van der Waals surface area contributed by atoms with Crippen molar-refractivity contribution < 1.29 is 22.7 Å². The third kappa shape index (κ3) is 3.16. The Morgan fingerprint density at radius 2 is 2.12 bits per heavy atom. The summed E-state index contributed by atoms with van der Waals surface area (Å²) < 4.78 is 45.4. The Morgan fingerprint density at radius 3 is 2.85 bits per heavy atom. The van der Waals surface area contributed by atoms with Crippen molar-refractivity contribution in [1.82, 2.24) is 9.88 Å². The van der Waals surface area contributed by atoms with Gasteiger partial charge in [0.15, 0.2) is 22.6 Å². The lowest BCUT2D eigenvalue weighted by Crippen LogP contribution is -2.59. The minimum absolute atomic E-state index is 0.0383. The molecule has 2 aromatic rings. The zero-order valence-electron chi connectivity index (χ0n) is 13.7. The van der Waals surface area contributed by atoms with E-state index in [0.717, 1.165) is 19.1 Å². The molecule has 1 spiro atoms. The van der Waals surface area contributed by atoms with Gasteiger partial charge in [-0.1, -0.05) is 6.07 Å². The van der Waals surface area contributed by atoms with Crippen LogP contribution in [-0.4, -0.2) is 42.2 Å². The zero-order valence-corrected chi connectivity index (χ0v) is 14.5. The number of likely N-dealkylation sites (tertiary alicyclic amines) is 1. The lowest BCUT2D eigenvalue weighted by atomic mass is 9.79. The van der Waals surface area contributed by atoms with E-state index in [-0.39, 0.29) is 23.4 Å². The number of rotatable bonds is 3. The Morgan fingerprint density at radius 1 is 1.31 bits per heavy atom. The summed E-state index contributed by atoms with van der Waals surface area (Å²) in [4.78, 5) is 18.7. The van der Waals surface area contributed by atoms with Crippen molar-refractivity contribution in [2.45, 2.75) is 12.8 Å². The summed E-state index contributed by atoms with van der Waals surface area (Å²) in [7, 11) is 0. The first-order valence-electron chi connectivity index (χ1n) is 8.17. The quantitative estimate of drug-likeness (QED) is 0.827. The van der Waals surface area contributed by atoms with E-state index in [2.05, 4.69) is 10.3 Å². The Labute approximate surface area is 151 Å². The fourth-order valence-electron chi connectivity index (χ4n) is 3.31. The zero-order chi connectivity index (χ0) is 18.3. The average molecular weight is 383 g/mol. The molecule has 0 radical (unpaired) electrons. The maximum absolute atomic E-state index is 13.8. The number of anilines is 1. The summed E-state index contributed by atoms with van der Waals surface area (Å²) in [6.07, 6.45) is 2.53. The standard InChI is InChI=1S/C17H16F3N3O2S/c18-12-2-1-10(13(19)14(12)20)5-11-6-21-15(26-11)22-16(24)23-7-17(8-23)3-4-25-9-17/h1-2,6H,3-5,7-9H2,(H,21,22,24). The van der Waals surface area contributed by atoms with E-state index in [1.807, 2.05) is 0 Å². The summed E-state index contributed by atoms with van der Waals surface area (Å²) in [6, 6.07) is 1.86. The summed E-state index contributed by atoms with van der Waals surface area (Å²) in [5.41, 5.74) is 0.145. The number of nitrogens with zero attached hydrogens (tertiary/aromatic N) is 2. The number of ether oxygens (including phenoxy) is 1. The van der Waals surface area contributed by atoms with Crippen LogP contribution < -0.4 is 5.32 Å². The second-order valence-electron chi connectivity index (χ2n) is 6.73. The fourth-order valence-corrected chi connectivity index (χ4v) is 4.14. The number of carbonyl (C=O) groups is 1. The van der Waals surface area contributed by atoms with Crippen molar-refractivity contribution in [2.75, 3.05) is 31.6 Å². The molecule has 0 atom stereocenters. The first-order valence-corrected chi connectivity index (χ1v) is 8.98. The Kier molecular flexibility index (Phi) is 4.36. The number of hydrogen-bond acceptors (Lipinski definition) is 4. The van der Waals surface area contributed by atoms with Crippen molar-refractivity contribution in [1.29, 1.82) is 0 Å². The van der Waals surface area contributed by atoms with Crippen molar-refractivity contribution in [3.8, 4) is 0 Å². The van der Waals surface area contributed by atoms with Gasteiger partial charge in [0.2, 0.25) is 0 Å². The van der Waals surface area contributed by atoms with E-state index < -0.39 is 17.5 Å². The van der Waals surface area contributed by atoms with Crippen LogP contribution in [0.3, 0.4) is 0 Å². The van der Waals surface area contributed by atoms with E-state index in [9.17, 15) is 18.0 Å². The van der Waals surface area contributed by atoms with Gasteiger partial charge in [0.25, 0.3) is 0 Å². The smallest absolute Gasteiger partial charge is 0.323 e. The van der Waals surface area contributed by atoms with E-state index in [1.54, 1.807) is 4.90 Å². The van der Waals surface area contributed by atoms with Gasteiger partial charge < -0.3 is 9.64 Å². The molecule has 138 valence electrons. The van der Waals surface area contributed by atoms with Crippen LogP contribution >= 0.6 is 11.3 Å². The molecule has 3 heterocycles. The molecule has 26 heavy (non-hydrogen) atoms. The topological polar surface area (TPSA) is 54.5 Å². The molecule has 2 fully saturated rings. The summed E-state index contributed by atoms with van der Waals surface area (Å²) in [5, 5.41) is 3.10. The van der Waals surface area contributed by atoms with Gasteiger partial charge in [0.05, 0.1) is 6.61 Å². The number of halogens is 3. The van der Waals surface area contributed by atoms with Gasteiger partial charge in [-0.3, -0.25) is 5.32 Å². The van der Waals surface area contributed by atoms with Crippen molar-refractivity contribution in [2.24, 2.45) is 5.41 Å². The molecule has 4 rings (SSSR count). The van der Waals surface area contributed by atoms with E-state index >= 15 is 0 Å².